The Morgan fingerprint density at radius 3 is 1.93 bits per heavy atom. The van der Waals surface area contributed by atoms with Gasteiger partial charge in [-0.25, -0.2) is 0 Å². The predicted octanol–water partition coefficient (Wildman–Crippen LogP) is 15.0. The third kappa shape index (κ3) is 5.41. The maximum absolute atomic E-state index is 2.54. The van der Waals surface area contributed by atoms with Crippen LogP contribution < -0.4 is 4.90 Å². The van der Waals surface area contributed by atoms with Crippen molar-refractivity contribution in [3.63, 3.8) is 0 Å². The number of nitrogens with zero attached hydrogens (tertiary/aromatic N) is 2. The summed E-state index contributed by atoms with van der Waals surface area (Å²) in [6.07, 6.45) is 9.20. The minimum Gasteiger partial charge on any atom is -0.314 e. The number of para-hydroxylation sites is 3. The van der Waals surface area contributed by atoms with Gasteiger partial charge in [-0.05, 0) is 130 Å². The number of anilines is 2. The van der Waals surface area contributed by atoms with Crippen molar-refractivity contribution in [1.29, 1.82) is 0 Å². The zero-order chi connectivity index (χ0) is 37.2. The minimum atomic E-state index is 1.01. The van der Waals surface area contributed by atoms with E-state index in [1.807, 2.05) is 11.8 Å². The Hall–Kier alpha value is -6.29. The summed E-state index contributed by atoms with van der Waals surface area (Å²) in [6, 6.07) is 59.8. The molecule has 268 valence electrons. The fourth-order valence-corrected chi connectivity index (χ4v) is 10.6. The molecule has 0 spiro atoms. The Morgan fingerprint density at radius 2 is 1.16 bits per heavy atom. The lowest BCUT2D eigenvalue weighted by molar-refractivity contribution is 0.835. The third-order valence-electron chi connectivity index (χ3n) is 11.9. The molecule has 0 N–H and O–H groups in total. The summed E-state index contributed by atoms with van der Waals surface area (Å²) in [6.45, 7) is 2.30. The van der Waals surface area contributed by atoms with Crippen LogP contribution >= 0.6 is 11.8 Å². The van der Waals surface area contributed by atoms with E-state index in [1.54, 1.807) is 0 Å². The van der Waals surface area contributed by atoms with Crippen molar-refractivity contribution in [3.8, 4) is 16.8 Å². The Bertz CT molecular complexity index is 2940. The molecule has 1 aromatic heterocycles. The smallest absolute Gasteiger partial charge is 0.0558 e. The van der Waals surface area contributed by atoms with Crippen molar-refractivity contribution in [2.75, 3.05) is 4.90 Å². The van der Waals surface area contributed by atoms with E-state index < -0.39 is 0 Å². The minimum absolute atomic E-state index is 1.01. The molecule has 0 radical (unpaired) electrons. The van der Waals surface area contributed by atoms with Gasteiger partial charge in [0.1, 0.15) is 0 Å². The van der Waals surface area contributed by atoms with Crippen molar-refractivity contribution in [2.24, 2.45) is 0 Å². The normalized spacial score (nSPS) is 15.3. The molecule has 56 heavy (non-hydrogen) atoms. The van der Waals surface area contributed by atoms with Crippen molar-refractivity contribution < 1.29 is 0 Å². The van der Waals surface area contributed by atoms with Gasteiger partial charge in [0.25, 0.3) is 0 Å². The average Bonchev–Trinajstić information content (AvgIpc) is 3.59. The highest BCUT2D eigenvalue weighted by molar-refractivity contribution is 8.03. The van der Waals surface area contributed by atoms with Crippen LogP contribution in [0.2, 0.25) is 0 Å². The molecule has 0 saturated carbocycles. The standard InChI is InChI=1S/C53H40N2S/c1-35-31-38(27-29-47(35)54(40-18-7-3-8-19-40)41-20-9-4-10-21-41)39-28-30-50-46(33-39)43-24-14-25-45-52-44-23-11-12-26-48(44)55(49(52)34-51(56-50)53(43)45)42-22-13-17-37(32-42)36-15-5-2-6-16-36/h2-26,31-34H,27-30H2,1H3. The summed E-state index contributed by atoms with van der Waals surface area (Å²) in [4.78, 5) is 5.31. The highest BCUT2D eigenvalue weighted by atomic mass is 32.2. The number of rotatable bonds is 6. The number of fused-ring (bicyclic) bond motifs is 5. The molecule has 3 aliphatic rings. The van der Waals surface area contributed by atoms with Gasteiger partial charge in [-0.1, -0.05) is 139 Å². The van der Waals surface area contributed by atoms with Gasteiger partial charge in [-0.15, -0.1) is 0 Å². The van der Waals surface area contributed by atoms with Gasteiger partial charge in [0.2, 0.25) is 0 Å². The fourth-order valence-electron chi connectivity index (χ4n) is 9.39. The first-order valence-corrected chi connectivity index (χ1v) is 20.6. The van der Waals surface area contributed by atoms with Gasteiger partial charge in [0.05, 0.1) is 11.0 Å². The fraction of sp³-hybridized carbons (Fsp3) is 0.0943. The molecular weight excluding hydrogens is 697 g/mol. The van der Waals surface area contributed by atoms with E-state index in [4.69, 9.17) is 0 Å². The van der Waals surface area contributed by atoms with E-state index in [0.29, 0.717) is 0 Å². The maximum atomic E-state index is 2.54. The Morgan fingerprint density at radius 1 is 0.518 bits per heavy atom. The second-order valence-electron chi connectivity index (χ2n) is 15.2. The quantitative estimate of drug-likeness (QED) is 0.168. The Balaban J connectivity index is 1.02. The zero-order valence-corrected chi connectivity index (χ0v) is 32.2. The van der Waals surface area contributed by atoms with Crippen LogP contribution in [0.15, 0.2) is 208 Å². The van der Waals surface area contributed by atoms with Gasteiger partial charge in [-0.3, -0.25) is 0 Å². The highest BCUT2D eigenvalue weighted by Gasteiger charge is 2.29. The van der Waals surface area contributed by atoms with Gasteiger partial charge in [0, 0.05) is 43.8 Å². The average molecular weight is 737 g/mol. The molecule has 2 aliphatic carbocycles. The van der Waals surface area contributed by atoms with Crippen molar-refractivity contribution >= 4 is 61.3 Å². The van der Waals surface area contributed by atoms with Crippen molar-refractivity contribution in [1.82, 2.24) is 4.57 Å². The van der Waals surface area contributed by atoms with Crippen LogP contribution in [-0.2, 0) is 0 Å². The zero-order valence-electron chi connectivity index (χ0n) is 31.4. The lowest BCUT2D eigenvalue weighted by atomic mass is 9.83. The molecule has 7 aromatic carbocycles. The molecule has 1 aliphatic heterocycles. The lowest BCUT2D eigenvalue weighted by Gasteiger charge is -2.33. The van der Waals surface area contributed by atoms with Crippen LogP contribution in [0.4, 0.5) is 11.4 Å². The molecule has 0 amide bonds. The monoisotopic (exact) mass is 736 g/mol. The first kappa shape index (κ1) is 33.1. The maximum Gasteiger partial charge on any atom is 0.0558 e. The first-order valence-electron chi connectivity index (χ1n) is 19.8. The molecule has 2 heterocycles. The number of hydrogen-bond acceptors (Lipinski definition) is 2. The second-order valence-corrected chi connectivity index (χ2v) is 16.3. The van der Waals surface area contributed by atoms with E-state index in [2.05, 4.69) is 192 Å². The first-order chi connectivity index (χ1) is 27.7. The topological polar surface area (TPSA) is 8.17 Å². The summed E-state index contributed by atoms with van der Waals surface area (Å²) in [5.41, 5.74) is 17.1. The predicted molar refractivity (Wildman–Crippen MR) is 239 cm³/mol. The Kier molecular flexibility index (Phi) is 7.96. The van der Waals surface area contributed by atoms with Gasteiger partial charge in [0.15, 0.2) is 0 Å². The molecule has 3 heteroatoms. The number of aromatic nitrogens is 1. The molecule has 0 atom stereocenters. The summed E-state index contributed by atoms with van der Waals surface area (Å²) in [7, 11) is 0. The van der Waals surface area contributed by atoms with Crippen LogP contribution in [0.5, 0.6) is 0 Å². The Labute approximate surface area is 332 Å². The molecule has 11 rings (SSSR count). The van der Waals surface area contributed by atoms with E-state index in [0.717, 1.165) is 25.7 Å². The number of benzene rings is 7. The molecule has 8 aromatic rings. The molecule has 2 nitrogen and oxygen atoms in total. The van der Waals surface area contributed by atoms with Crippen LogP contribution in [0.25, 0.3) is 55.0 Å². The van der Waals surface area contributed by atoms with Gasteiger partial charge >= 0.3 is 0 Å². The van der Waals surface area contributed by atoms with Crippen molar-refractivity contribution in [2.45, 2.75) is 37.5 Å². The number of thioether (sulfide) groups is 1. The molecule has 0 saturated heterocycles. The molecule has 0 bridgehead atoms. The van der Waals surface area contributed by atoms with Crippen molar-refractivity contribution in [3.05, 3.63) is 209 Å². The molecule has 0 fully saturated rings. The van der Waals surface area contributed by atoms with Crippen LogP contribution in [0.1, 0.15) is 38.2 Å². The van der Waals surface area contributed by atoms with E-state index >= 15 is 0 Å². The number of hydrogen-bond donors (Lipinski definition) is 0. The number of allylic oxidation sites excluding steroid dienone is 8. The second kappa shape index (κ2) is 13.5. The third-order valence-corrected chi connectivity index (χ3v) is 13.1. The summed E-state index contributed by atoms with van der Waals surface area (Å²) in [5, 5.41) is 5.36. The van der Waals surface area contributed by atoms with Crippen LogP contribution in [0, 0.1) is 0 Å². The van der Waals surface area contributed by atoms with Gasteiger partial charge in [-0.2, -0.15) is 0 Å². The largest absolute Gasteiger partial charge is 0.314 e. The van der Waals surface area contributed by atoms with E-state index in [9.17, 15) is 0 Å². The summed E-state index contributed by atoms with van der Waals surface area (Å²) in [5.74, 6) is 0. The molecule has 0 unspecified atom stereocenters. The highest BCUT2D eigenvalue weighted by Crippen LogP contribution is 2.53. The van der Waals surface area contributed by atoms with Crippen LogP contribution in [-0.4, -0.2) is 4.57 Å². The molecular formula is C53H40N2S. The lowest BCUT2D eigenvalue weighted by Crippen LogP contribution is -2.20. The van der Waals surface area contributed by atoms with E-state index in [-0.39, 0.29) is 0 Å². The van der Waals surface area contributed by atoms with E-state index in [1.165, 1.54) is 104 Å². The summed E-state index contributed by atoms with van der Waals surface area (Å²) >= 11 is 2.00. The van der Waals surface area contributed by atoms with Crippen LogP contribution in [0.3, 0.4) is 0 Å². The SMILES string of the molecule is CC1=C(N(c2ccccc2)c2ccccc2)CCC(C2=CC3=C(CC2)Sc2cc4c(c5cccc3c25)c2ccccc2n4-c2cccc(-c3ccccc3)c2)=C1. The summed E-state index contributed by atoms with van der Waals surface area (Å²) < 4.78 is 2.49. The van der Waals surface area contributed by atoms with Gasteiger partial charge < -0.3 is 9.47 Å².